The Morgan fingerprint density at radius 1 is 1.00 bits per heavy atom. The summed E-state index contributed by atoms with van der Waals surface area (Å²) in [6.07, 6.45) is 1.79. The number of ether oxygens (including phenoxy) is 2. The van der Waals surface area contributed by atoms with Crippen LogP contribution >= 0.6 is 23.2 Å². The van der Waals surface area contributed by atoms with Gasteiger partial charge >= 0.3 is 0 Å². The van der Waals surface area contributed by atoms with E-state index in [1.54, 1.807) is 0 Å². The lowest BCUT2D eigenvalue weighted by molar-refractivity contribution is -0.128. The van der Waals surface area contributed by atoms with Crippen LogP contribution in [0.5, 0.6) is 11.5 Å². The Hall–Kier alpha value is -2.42. The van der Waals surface area contributed by atoms with E-state index in [0.717, 1.165) is 18.6 Å². The zero-order valence-corrected chi connectivity index (χ0v) is 20.2. The number of hydrogen-bond donors (Lipinski definition) is 2. The summed E-state index contributed by atoms with van der Waals surface area (Å²) in [7, 11) is 0. The van der Waals surface area contributed by atoms with Gasteiger partial charge in [0, 0.05) is 24.1 Å². The number of rotatable bonds is 9. The summed E-state index contributed by atoms with van der Waals surface area (Å²) in [5.41, 5.74) is -0.563. The average Bonchev–Trinajstić information content (AvgIpc) is 3.16. The highest BCUT2D eigenvalue weighted by molar-refractivity contribution is 6.31. The van der Waals surface area contributed by atoms with Crippen LogP contribution < -0.4 is 14.8 Å². The molecule has 2 aromatic rings. The minimum Gasteiger partial charge on any atom is -0.486 e. The van der Waals surface area contributed by atoms with Gasteiger partial charge < -0.3 is 19.9 Å². The zero-order valence-electron chi connectivity index (χ0n) is 18.7. The molecule has 0 aliphatic heterocycles. The van der Waals surface area contributed by atoms with Gasteiger partial charge in [-0.25, -0.2) is 8.78 Å². The van der Waals surface area contributed by atoms with Crippen LogP contribution in [0.2, 0.25) is 10.0 Å². The summed E-state index contributed by atoms with van der Waals surface area (Å²) >= 11 is 11.3. The fraction of sp³-hybridized carbons (Fsp3) is 0.440. The second-order valence-corrected chi connectivity index (χ2v) is 10.1. The number of nitrogens with one attached hydrogen (secondary N) is 1. The minimum atomic E-state index is -0.764. The number of amides is 1. The van der Waals surface area contributed by atoms with Crippen LogP contribution in [-0.4, -0.2) is 41.7 Å². The van der Waals surface area contributed by atoms with Gasteiger partial charge in [0.1, 0.15) is 29.7 Å². The van der Waals surface area contributed by atoms with E-state index in [1.165, 1.54) is 24.3 Å². The molecule has 0 unspecified atom stereocenters. The molecule has 0 aromatic heterocycles. The van der Waals surface area contributed by atoms with Crippen molar-refractivity contribution in [1.82, 2.24) is 5.32 Å². The van der Waals surface area contributed by atoms with Crippen LogP contribution in [0.3, 0.4) is 0 Å². The van der Waals surface area contributed by atoms with Crippen LogP contribution in [0, 0.1) is 23.5 Å². The smallest absolute Gasteiger partial charge is 0.258 e. The van der Waals surface area contributed by atoms with E-state index in [1.807, 2.05) is 0 Å². The summed E-state index contributed by atoms with van der Waals surface area (Å²) < 4.78 is 37.8. The van der Waals surface area contributed by atoms with E-state index in [4.69, 9.17) is 32.7 Å². The van der Waals surface area contributed by atoms with Crippen molar-refractivity contribution >= 4 is 34.9 Å². The first-order valence-corrected chi connectivity index (χ1v) is 12.1. The lowest BCUT2D eigenvalue weighted by Gasteiger charge is -2.41. The summed E-state index contributed by atoms with van der Waals surface area (Å²) in [4.78, 5) is 25.0. The van der Waals surface area contributed by atoms with Gasteiger partial charge in [-0.2, -0.15) is 0 Å². The number of carbonyl (C=O) groups is 2. The average molecular weight is 528 g/mol. The normalized spacial score (nSPS) is 25.2. The number of fused-ring (bicyclic) bond motifs is 2. The Morgan fingerprint density at radius 3 is 2.20 bits per heavy atom. The van der Waals surface area contributed by atoms with Gasteiger partial charge in [0.25, 0.3) is 5.91 Å². The third-order valence-corrected chi connectivity index (χ3v) is 7.38. The molecule has 4 atom stereocenters. The molecule has 2 saturated carbocycles. The number of Topliss-reactive ketones (excluding diaryl/α,β-unsaturated/α-hetero) is 1. The highest BCUT2D eigenvalue weighted by atomic mass is 35.5. The predicted molar refractivity (Wildman–Crippen MR) is 126 cm³/mol. The molecule has 2 bridgehead atoms. The molecule has 4 rings (SSSR count). The van der Waals surface area contributed by atoms with Crippen LogP contribution in [0.4, 0.5) is 8.78 Å². The number of hydrogen-bond acceptors (Lipinski definition) is 5. The molecule has 2 aliphatic carbocycles. The summed E-state index contributed by atoms with van der Waals surface area (Å²) in [5, 5.41) is 13.7. The van der Waals surface area contributed by atoms with Crippen LogP contribution in [0.15, 0.2) is 36.4 Å². The molecule has 6 nitrogen and oxygen atoms in total. The van der Waals surface area contributed by atoms with Gasteiger partial charge in [0.2, 0.25) is 0 Å². The van der Waals surface area contributed by atoms with Crippen molar-refractivity contribution in [3.63, 3.8) is 0 Å². The largest absolute Gasteiger partial charge is 0.486 e. The van der Waals surface area contributed by atoms with E-state index in [2.05, 4.69) is 5.32 Å². The molecule has 2 fully saturated rings. The summed E-state index contributed by atoms with van der Waals surface area (Å²) in [6.45, 7) is -0.532. The minimum absolute atomic E-state index is 0.0312. The van der Waals surface area contributed by atoms with E-state index in [0.29, 0.717) is 19.3 Å². The van der Waals surface area contributed by atoms with Crippen molar-refractivity contribution in [2.75, 3.05) is 13.2 Å². The van der Waals surface area contributed by atoms with Crippen molar-refractivity contribution in [2.24, 2.45) is 11.8 Å². The van der Waals surface area contributed by atoms with E-state index < -0.39 is 23.3 Å². The maximum absolute atomic E-state index is 13.5. The van der Waals surface area contributed by atoms with E-state index >= 15 is 0 Å². The fourth-order valence-corrected chi connectivity index (χ4v) is 5.39. The fourth-order valence-electron chi connectivity index (χ4n) is 5.15. The second-order valence-electron chi connectivity index (χ2n) is 9.24. The first-order chi connectivity index (χ1) is 16.6. The van der Waals surface area contributed by atoms with E-state index in [9.17, 15) is 23.5 Å². The Kier molecular flexibility index (Phi) is 7.83. The monoisotopic (exact) mass is 527 g/mol. The highest BCUT2D eigenvalue weighted by Gasteiger charge is 2.51. The van der Waals surface area contributed by atoms with Gasteiger partial charge in [-0.05, 0) is 61.8 Å². The molecule has 0 saturated heterocycles. The number of aliphatic hydroxyl groups is 1. The van der Waals surface area contributed by atoms with Crippen LogP contribution in [0.25, 0.3) is 0 Å². The van der Waals surface area contributed by atoms with Crippen LogP contribution in [0.1, 0.15) is 32.1 Å². The Balaban J connectivity index is 1.27. The first kappa shape index (κ1) is 25.7. The zero-order chi connectivity index (χ0) is 25.2. The van der Waals surface area contributed by atoms with Gasteiger partial charge in [0.05, 0.1) is 16.1 Å². The number of benzene rings is 2. The van der Waals surface area contributed by atoms with Gasteiger partial charge in [-0.15, -0.1) is 0 Å². The van der Waals surface area contributed by atoms with Crippen molar-refractivity contribution in [3.8, 4) is 11.5 Å². The Morgan fingerprint density at radius 2 is 1.60 bits per heavy atom. The molecule has 10 heteroatoms. The maximum atomic E-state index is 13.5. The molecule has 0 heterocycles. The molecule has 1 amide bonds. The molecule has 35 heavy (non-hydrogen) atoms. The highest BCUT2D eigenvalue weighted by Crippen LogP contribution is 2.49. The molecule has 2 aromatic carbocycles. The van der Waals surface area contributed by atoms with E-state index in [-0.39, 0.29) is 64.7 Å². The quantitative estimate of drug-likeness (QED) is 0.492. The predicted octanol–water partition coefficient (Wildman–Crippen LogP) is 4.72. The number of ketones is 1. The Bertz CT molecular complexity index is 1120. The molecular formula is C25H25Cl2F2NO5. The van der Waals surface area contributed by atoms with Crippen molar-refractivity contribution in [1.29, 1.82) is 0 Å². The lowest BCUT2D eigenvalue weighted by Crippen LogP contribution is -2.54. The van der Waals surface area contributed by atoms with Gasteiger partial charge in [0.15, 0.2) is 12.4 Å². The summed E-state index contributed by atoms with van der Waals surface area (Å²) in [5.74, 6) is -1.61. The van der Waals surface area contributed by atoms with Crippen molar-refractivity contribution in [2.45, 2.75) is 43.7 Å². The standard InChI is InChI=1S/C25H25Cl2F2NO5/c26-19-3-1-16(8-21(19)28)34-12-15(31)7-18-14-5-6-25(10-14,11-23(18)32)30-24(33)13-35-17-2-4-20(27)22(29)9-17/h1-4,8-9,14,18,23,32H,5-7,10-13H2,(H,30,33)/t14-,18-,23-,25-/m1/s1. The third kappa shape index (κ3) is 6.23. The van der Waals surface area contributed by atoms with Crippen molar-refractivity contribution < 1.29 is 33.0 Å². The SMILES string of the molecule is O=C(COc1ccc(Cl)c(F)c1)C[C@@H]1[C@@H]2CC[C@@](NC(=O)COc3ccc(Cl)c(F)c3)(C2)C[C@H]1O. The molecular weight excluding hydrogens is 503 g/mol. The second kappa shape index (κ2) is 10.7. The molecule has 188 valence electrons. The molecule has 0 spiro atoms. The topological polar surface area (TPSA) is 84.9 Å². The number of carbonyl (C=O) groups excluding carboxylic acids is 2. The summed E-state index contributed by atoms with van der Waals surface area (Å²) in [6, 6.07) is 7.89. The lowest BCUT2D eigenvalue weighted by atomic mass is 9.72. The van der Waals surface area contributed by atoms with Gasteiger partial charge in [-0.1, -0.05) is 23.2 Å². The molecule has 2 N–H and O–H groups in total. The Labute approximate surface area is 211 Å². The third-order valence-electron chi connectivity index (χ3n) is 6.77. The first-order valence-electron chi connectivity index (χ1n) is 11.3. The van der Waals surface area contributed by atoms with Gasteiger partial charge in [-0.3, -0.25) is 9.59 Å². The maximum Gasteiger partial charge on any atom is 0.258 e. The van der Waals surface area contributed by atoms with Crippen molar-refractivity contribution in [3.05, 3.63) is 58.1 Å². The number of aliphatic hydroxyl groups excluding tert-OH is 1. The van der Waals surface area contributed by atoms with Crippen LogP contribution in [-0.2, 0) is 9.59 Å². The molecule has 0 radical (unpaired) electrons. The number of halogens is 4. The molecule has 2 aliphatic rings.